The Morgan fingerprint density at radius 3 is 2.39 bits per heavy atom. The number of hydrogen-bond acceptors (Lipinski definition) is 3. The molecule has 3 heterocycles. The molecule has 1 unspecified atom stereocenters. The third kappa shape index (κ3) is 8.50. The van der Waals surface area contributed by atoms with Crippen LogP contribution in [0.5, 0.6) is 0 Å². The number of para-hydroxylation sites is 1. The largest absolute Gasteiger partial charge is 0.500 e. The first-order valence-corrected chi connectivity index (χ1v) is 20.9. The Bertz CT molecular complexity index is 2470. The minimum Gasteiger partial charge on any atom is -0.500 e. The number of aromatic nitrogens is 2. The molecule has 0 aliphatic heterocycles. The fraction of sp³-hybridized carbons (Fsp3) is 0.261. The van der Waals surface area contributed by atoms with Crippen LogP contribution >= 0.6 is 0 Å². The predicted octanol–water partition coefficient (Wildman–Crippen LogP) is 11.7. The van der Waals surface area contributed by atoms with Gasteiger partial charge in [-0.25, -0.2) is 0 Å². The van der Waals surface area contributed by atoms with E-state index in [4.69, 9.17) is 11.3 Å². The van der Waals surface area contributed by atoms with Crippen LogP contribution in [-0.4, -0.2) is 18.0 Å². The summed E-state index contributed by atoms with van der Waals surface area (Å²) >= 11 is 0. The van der Waals surface area contributed by atoms with E-state index in [9.17, 15) is 1.37 Å². The second-order valence-corrected chi connectivity index (χ2v) is 19.2. The third-order valence-electron chi connectivity index (χ3n) is 9.51. The molecule has 1 aliphatic carbocycles. The second-order valence-electron chi connectivity index (χ2n) is 14.1. The van der Waals surface area contributed by atoms with Crippen molar-refractivity contribution >= 4 is 35.2 Å². The zero-order valence-corrected chi connectivity index (χ0v) is 32.9. The molecule has 0 N–H and O–H groups in total. The smallest absolute Gasteiger partial charge is 0.120 e. The molecule has 1 fully saturated rings. The van der Waals surface area contributed by atoms with Gasteiger partial charge in [0.25, 0.3) is 0 Å². The Labute approximate surface area is 326 Å². The van der Waals surface area contributed by atoms with Crippen molar-refractivity contribution in [3.05, 3.63) is 150 Å². The van der Waals surface area contributed by atoms with Gasteiger partial charge in [-0.1, -0.05) is 130 Å². The summed E-state index contributed by atoms with van der Waals surface area (Å²) in [6.07, 6.45) is 5.97. The molecule has 1 saturated carbocycles. The standard InChI is InChI=1S/C23H20NO.C23H26NSi.Ir/c1-2-6-16(5-1)13-17-11-12-24-21(14-17)18-9-10-23-20(15-18)19-7-3-4-8-22(19)25-23;1-17-11-14-23(24-16-17)21-13-12-20(25(3,4)5)15-22(21)18(2)19-9-7-6-8-10-19;/h3-4,7-8,10-12,14-16H,1-2,5-6,13H2;6-12,14-16,18H,1-5H3;/q2*-1;/i13D2;1D3,18D;. The Hall–Kier alpha value is -4.15. The quantitative estimate of drug-likeness (QED) is 0.118. The van der Waals surface area contributed by atoms with Crippen LogP contribution in [0, 0.1) is 24.9 Å². The zero-order chi connectivity index (χ0) is 39.9. The summed E-state index contributed by atoms with van der Waals surface area (Å²) in [7, 11) is -1.61. The molecule has 1 aliphatic rings. The first-order valence-electron chi connectivity index (χ1n) is 20.4. The van der Waals surface area contributed by atoms with Gasteiger partial charge in [0.15, 0.2) is 0 Å². The van der Waals surface area contributed by atoms with Gasteiger partial charge in [-0.05, 0) is 59.7 Å². The Morgan fingerprint density at radius 2 is 1.65 bits per heavy atom. The van der Waals surface area contributed by atoms with Gasteiger partial charge < -0.3 is 14.4 Å². The maximum atomic E-state index is 9.22. The van der Waals surface area contributed by atoms with Crippen molar-refractivity contribution in [3.8, 4) is 22.5 Å². The number of aryl methyl sites for hydroxylation is 1. The van der Waals surface area contributed by atoms with Gasteiger partial charge in [-0.15, -0.1) is 58.3 Å². The summed E-state index contributed by atoms with van der Waals surface area (Å²) in [4.78, 5) is 8.90. The van der Waals surface area contributed by atoms with Crippen LogP contribution in [0.15, 0.2) is 120 Å². The molecule has 0 spiro atoms. The number of rotatable bonds is 7. The maximum absolute atomic E-state index is 9.22. The molecule has 261 valence electrons. The van der Waals surface area contributed by atoms with E-state index in [1.165, 1.54) is 11.4 Å². The summed E-state index contributed by atoms with van der Waals surface area (Å²) in [6, 6.07) is 39.4. The molecular weight excluding hydrogens is 817 g/mol. The molecule has 0 saturated heterocycles. The molecule has 0 amide bonds. The van der Waals surface area contributed by atoms with E-state index in [1.807, 2.05) is 91.9 Å². The van der Waals surface area contributed by atoms with Gasteiger partial charge in [0.1, 0.15) is 5.58 Å². The van der Waals surface area contributed by atoms with E-state index in [2.05, 4.69) is 47.8 Å². The van der Waals surface area contributed by atoms with E-state index in [-0.39, 0.29) is 31.6 Å². The minimum absolute atomic E-state index is 0. The molecule has 51 heavy (non-hydrogen) atoms. The van der Waals surface area contributed by atoms with Crippen LogP contribution in [0.2, 0.25) is 19.6 Å². The molecule has 5 heteroatoms. The van der Waals surface area contributed by atoms with Gasteiger partial charge in [0.05, 0.1) is 5.58 Å². The number of pyridine rings is 2. The van der Waals surface area contributed by atoms with Gasteiger partial charge in [0, 0.05) is 54.2 Å². The van der Waals surface area contributed by atoms with Crippen molar-refractivity contribution in [3.63, 3.8) is 0 Å². The van der Waals surface area contributed by atoms with Gasteiger partial charge in [-0.3, -0.25) is 0 Å². The molecule has 3 nitrogen and oxygen atoms in total. The van der Waals surface area contributed by atoms with Crippen LogP contribution in [0.4, 0.5) is 0 Å². The van der Waals surface area contributed by atoms with Crippen molar-refractivity contribution in [1.29, 1.82) is 0 Å². The minimum atomic E-state index is -2.19. The summed E-state index contributed by atoms with van der Waals surface area (Å²) in [5, 5.41) is 3.33. The van der Waals surface area contributed by atoms with Crippen molar-refractivity contribution < 1.29 is 32.7 Å². The monoisotopic (exact) mass is 869 g/mol. The molecule has 3 aromatic heterocycles. The number of hydrogen-bond donors (Lipinski definition) is 0. The van der Waals surface area contributed by atoms with Gasteiger partial charge in [-0.2, -0.15) is 0 Å². The molecule has 4 aromatic carbocycles. The Kier molecular flexibility index (Phi) is 9.25. The molecule has 7 aromatic rings. The van der Waals surface area contributed by atoms with E-state index in [1.54, 1.807) is 18.3 Å². The topological polar surface area (TPSA) is 38.9 Å². The summed E-state index contributed by atoms with van der Waals surface area (Å²) in [6.45, 7) is 6.51. The average Bonchev–Trinajstić information content (AvgIpc) is 3.87. The van der Waals surface area contributed by atoms with E-state index in [0.717, 1.165) is 75.6 Å². The summed E-state index contributed by atoms with van der Waals surface area (Å²) in [5.41, 5.74) is 7.28. The maximum Gasteiger partial charge on any atom is 0.120 e. The van der Waals surface area contributed by atoms with Crippen molar-refractivity contribution in [2.45, 2.75) is 71.4 Å². The van der Waals surface area contributed by atoms with Crippen LogP contribution in [0.25, 0.3) is 44.5 Å². The summed E-state index contributed by atoms with van der Waals surface area (Å²) in [5.74, 6) is -0.898. The number of benzene rings is 4. The van der Waals surface area contributed by atoms with Crippen LogP contribution in [0.1, 0.15) is 69.0 Å². The third-order valence-corrected chi connectivity index (χ3v) is 11.5. The first-order chi connectivity index (χ1) is 26.5. The second kappa shape index (κ2) is 16.0. The predicted molar refractivity (Wildman–Crippen MR) is 212 cm³/mol. The van der Waals surface area contributed by atoms with Crippen LogP contribution in [0.3, 0.4) is 0 Å². The Balaban J connectivity index is 0.000000190. The fourth-order valence-corrected chi connectivity index (χ4v) is 7.70. The Morgan fingerprint density at radius 1 is 0.863 bits per heavy atom. The number of furan rings is 1. The molecule has 8 rings (SSSR count). The SMILES string of the molecule is [2H]C([2H])([2H])c1ccc(-c2[c-]cc([Si](C)(C)C)cc2C([2H])(C)c2ccccc2)nc1.[2H]C([2H])(c1ccnc(-c2[c-]cc3oc4ccccc4c3c2)c1)C1CCCC1.[Ir]. The van der Waals surface area contributed by atoms with Crippen LogP contribution < -0.4 is 5.19 Å². The van der Waals surface area contributed by atoms with E-state index >= 15 is 0 Å². The van der Waals surface area contributed by atoms with Gasteiger partial charge >= 0.3 is 0 Å². The normalized spacial score (nSPS) is 16.7. The number of fused-ring (bicyclic) bond motifs is 3. The van der Waals surface area contributed by atoms with Crippen LogP contribution in [-0.2, 0) is 26.5 Å². The van der Waals surface area contributed by atoms with Crippen molar-refractivity contribution in [1.82, 2.24) is 9.97 Å². The fourth-order valence-electron chi connectivity index (χ4n) is 6.61. The van der Waals surface area contributed by atoms with Gasteiger partial charge in [0.2, 0.25) is 0 Å². The van der Waals surface area contributed by atoms with E-state index < -0.39 is 27.2 Å². The number of nitrogens with zero attached hydrogens (tertiary/aromatic N) is 2. The molecule has 0 bridgehead atoms. The zero-order valence-electron chi connectivity index (χ0n) is 35.5. The molecule has 1 atom stereocenters. The first kappa shape index (κ1) is 29.4. The average molecular weight is 869 g/mol. The molecule has 1 radical (unpaired) electrons. The van der Waals surface area contributed by atoms with Crippen molar-refractivity contribution in [2.24, 2.45) is 5.92 Å². The van der Waals surface area contributed by atoms with E-state index in [0.29, 0.717) is 11.3 Å². The molecular formula is C46H46IrN2OSi-2. The van der Waals surface area contributed by atoms with Crippen molar-refractivity contribution in [2.75, 3.05) is 0 Å². The summed E-state index contributed by atoms with van der Waals surface area (Å²) < 4.78 is 55.1.